The van der Waals surface area contributed by atoms with Gasteiger partial charge in [-0.25, -0.2) is 10.8 Å². The van der Waals surface area contributed by atoms with Crippen molar-refractivity contribution >= 4 is 17.5 Å². The molecule has 0 aliphatic carbocycles. The van der Waals surface area contributed by atoms with Crippen LogP contribution < -0.4 is 16.6 Å². The van der Waals surface area contributed by atoms with E-state index in [-0.39, 0.29) is 35.6 Å². The lowest BCUT2D eigenvalue weighted by Crippen LogP contribution is -2.26. The number of hydrogen-bond donors (Lipinski definition) is 4. The molecule has 1 heterocycles. The van der Waals surface area contributed by atoms with Crippen molar-refractivity contribution in [1.29, 1.82) is 0 Å². The second-order valence-corrected chi connectivity index (χ2v) is 4.42. The number of aryl methyl sites for hydroxylation is 1. The van der Waals surface area contributed by atoms with Gasteiger partial charge in [-0.15, -0.1) is 0 Å². The lowest BCUT2D eigenvalue weighted by molar-refractivity contribution is -0.385. The van der Waals surface area contributed by atoms with Crippen LogP contribution in [0, 0.1) is 23.0 Å². The average Bonchev–Trinajstić information content (AvgIpc) is 2.34. The van der Waals surface area contributed by atoms with Gasteiger partial charge in [0.1, 0.15) is 5.69 Å². The molecule has 0 fully saturated rings. The quantitative estimate of drug-likeness (QED) is 0.331. The average molecular weight is 270 g/mol. The molecule has 1 aromatic rings. The molecule has 9 heteroatoms. The van der Waals surface area contributed by atoms with Crippen LogP contribution in [0.2, 0.25) is 0 Å². The Labute approximate surface area is 110 Å². The molecule has 0 aromatic carbocycles. The summed E-state index contributed by atoms with van der Waals surface area (Å²) in [6.07, 6.45) is -0.635. The van der Waals surface area contributed by atoms with Gasteiger partial charge in [0.2, 0.25) is 11.8 Å². The Kier molecular flexibility index (Phi) is 4.95. The topological polar surface area (TPSA) is 139 Å². The molecule has 1 aromatic heterocycles. The number of aliphatic hydroxyl groups excluding tert-OH is 1. The number of nitrogens with one attached hydrogen (secondary N) is 2. The van der Waals surface area contributed by atoms with Crippen LogP contribution in [0.4, 0.5) is 17.5 Å². The fraction of sp³-hybridized carbons (Fsp3) is 0.600. The number of hydrogen-bond acceptors (Lipinski definition) is 8. The van der Waals surface area contributed by atoms with E-state index in [1.54, 1.807) is 0 Å². The minimum atomic E-state index is -0.635. The van der Waals surface area contributed by atoms with Crippen LogP contribution in [-0.2, 0) is 0 Å². The lowest BCUT2D eigenvalue weighted by Gasteiger charge is -2.16. The molecule has 1 unspecified atom stereocenters. The number of rotatable bonds is 6. The number of nitro groups is 1. The maximum absolute atomic E-state index is 11.0. The molecule has 0 saturated carbocycles. The second kappa shape index (κ2) is 6.25. The Morgan fingerprint density at radius 2 is 2.11 bits per heavy atom. The van der Waals surface area contributed by atoms with Crippen molar-refractivity contribution in [3.63, 3.8) is 0 Å². The highest BCUT2D eigenvalue weighted by Crippen LogP contribution is 2.26. The van der Waals surface area contributed by atoms with E-state index < -0.39 is 11.0 Å². The molecule has 1 atom stereocenters. The van der Waals surface area contributed by atoms with Gasteiger partial charge in [-0.05, 0) is 12.8 Å². The Balaban J connectivity index is 3.03. The molecule has 0 aliphatic rings. The van der Waals surface area contributed by atoms with E-state index in [4.69, 9.17) is 5.84 Å². The molecule has 0 spiro atoms. The largest absolute Gasteiger partial charge is 0.391 e. The molecule has 1 rings (SSSR count). The zero-order valence-electron chi connectivity index (χ0n) is 11.0. The van der Waals surface area contributed by atoms with Crippen molar-refractivity contribution in [2.24, 2.45) is 11.8 Å². The summed E-state index contributed by atoms with van der Waals surface area (Å²) >= 11 is 0. The van der Waals surface area contributed by atoms with Gasteiger partial charge in [0.05, 0.1) is 11.0 Å². The van der Waals surface area contributed by atoms with Crippen LogP contribution in [0.15, 0.2) is 0 Å². The molecule has 0 saturated heterocycles. The third kappa shape index (κ3) is 3.73. The zero-order chi connectivity index (χ0) is 14.6. The summed E-state index contributed by atoms with van der Waals surface area (Å²) < 4.78 is 0. The predicted octanol–water partition coefficient (Wildman–Crippen LogP) is 0.408. The number of nitrogen functional groups attached to an aromatic ring is 1. The normalized spacial score (nSPS) is 12.3. The number of aliphatic hydroxyl groups is 1. The van der Waals surface area contributed by atoms with Crippen LogP contribution in [-0.4, -0.2) is 32.6 Å². The summed E-state index contributed by atoms with van der Waals surface area (Å²) in [7, 11) is 0. The summed E-state index contributed by atoms with van der Waals surface area (Å²) in [6, 6.07) is 0. The first-order chi connectivity index (χ1) is 8.86. The first-order valence-corrected chi connectivity index (χ1v) is 5.78. The minimum absolute atomic E-state index is 0.0293. The third-order valence-corrected chi connectivity index (χ3v) is 2.62. The molecule has 5 N–H and O–H groups in total. The molecule has 19 heavy (non-hydrogen) atoms. The molecule has 0 bridgehead atoms. The van der Waals surface area contributed by atoms with Gasteiger partial charge in [0.25, 0.3) is 0 Å². The number of anilines is 2. The van der Waals surface area contributed by atoms with Gasteiger partial charge in [-0.2, -0.15) is 4.98 Å². The highest BCUT2D eigenvalue weighted by atomic mass is 16.6. The van der Waals surface area contributed by atoms with Crippen LogP contribution in [0.3, 0.4) is 0 Å². The molecule has 106 valence electrons. The van der Waals surface area contributed by atoms with Gasteiger partial charge in [0.15, 0.2) is 0 Å². The van der Waals surface area contributed by atoms with Crippen molar-refractivity contribution < 1.29 is 10.0 Å². The van der Waals surface area contributed by atoms with Crippen LogP contribution >= 0.6 is 0 Å². The van der Waals surface area contributed by atoms with Crippen LogP contribution in [0.1, 0.15) is 19.5 Å². The first kappa shape index (κ1) is 15.1. The SMILES string of the molecule is Cc1nc(NN)nc(NCC(O)C(C)C)c1[N+](=O)[O-]. The van der Waals surface area contributed by atoms with E-state index in [9.17, 15) is 15.2 Å². The molecule has 0 amide bonds. The van der Waals surface area contributed by atoms with Crippen molar-refractivity contribution in [3.8, 4) is 0 Å². The summed E-state index contributed by atoms with van der Waals surface area (Å²) in [5, 5.41) is 23.4. The van der Waals surface area contributed by atoms with Crippen molar-refractivity contribution in [2.45, 2.75) is 26.9 Å². The van der Waals surface area contributed by atoms with Gasteiger partial charge in [-0.1, -0.05) is 13.8 Å². The molecular formula is C10H18N6O3. The Hall–Kier alpha value is -2.00. The standard InChI is InChI=1S/C10H18N6O3/c1-5(2)7(17)4-12-9-8(16(18)19)6(3)13-10(14-9)15-11/h5,7,17H,4,11H2,1-3H3,(H2,12,13,14,15). The summed E-state index contributed by atoms with van der Waals surface area (Å²) in [5.41, 5.74) is 2.20. The van der Waals surface area contributed by atoms with Crippen LogP contribution in [0.25, 0.3) is 0 Å². The highest BCUT2D eigenvalue weighted by molar-refractivity contribution is 5.60. The molecule has 0 aliphatic heterocycles. The highest BCUT2D eigenvalue weighted by Gasteiger charge is 2.22. The predicted molar refractivity (Wildman–Crippen MR) is 70.6 cm³/mol. The third-order valence-electron chi connectivity index (χ3n) is 2.62. The van der Waals surface area contributed by atoms with E-state index in [2.05, 4.69) is 20.7 Å². The Morgan fingerprint density at radius 1 is 1.47 bits per heavy atom. The van der Waals surface area contributed by atoms with Crippen molar-refractivity contribution in [1.82, 2.24) is 9.97 Å². The van der Waals surface area contributed by atoms with E-state index >= 15 is 0 Å². The number of hydrazine groups is 1. The molecule has 9 nitrogen and oxygen atoms in total. The van der Waals surface area contributed by atoms with Gasteiger partial charge in [0, 0.05) is 6.54 Å². The molecular weight excluding hydrogens is 252 g/mol. The lowest BCUT2D eigenvalue weighted by atomic mass is 10.1. The number of nitrogens with zero attached hydrogens (tertiary/aromatic N) is 3. The zero-order valence-corrected chi connectivity index (χ0v) is 11.0. The van der Waals surface area contributed by atoms with Crippen molar-refractivity contribution in [3.05, 3.63) is 15.8 Å². The van der Waals surface area contributed by atoms with Crippen LogP contribution in [0.5, 0.6) is 0 Å². The number of nitrogens with two attached hydrogens (primary N) is 1. The van der Waals surface area contributed by atoms with E-state index in [0.717, 1.165) is 0 Å². The van der Waals surface area contributed by atoms with E-state index in [0.29, 0.717) is 0 Å². The maximum atomic E-state index is 11.0. The first-order valence-electron chi connectivity index (χ1n) is 5.78. The van der Waals surface area contributed by atoms with Crippen molar-refractivity contribution in [2.75, 3.05) is 17.3 Å². The maximum Gasteiger partial charge on any atom is 0.332 e. The number of aromatic nitrogens is 2. The van der Waals surface area contributed by atoms with Gasteiger partial charge >= 0.3 is 5.69 Å². The second-order valence-electron chi connectivity index (χ2n) is 4.42. The fourth-order valence-electron chi connectivity index (χ4n) is 1.41. The van der Waals surface area contributed by atoms with Gasteiger partial charge < -0.3 is 10.4 Å². The Morgan fingerprint density at radius 3 is 2.58 bits per heavy atom. The summed E-state index contributed by atoms with van der Waals surface area (Å²) in [5.74, 6) is 5.33. The summed E-state index contributed by atoms with van der Waals surface area (Å²) in [6.45, 7) is 5.33. The summed E-state index contributed by atoms with van der Waals surface area (Å²) in [4.78, 5) is 18.2. The van der Waals surface area contributed by atoms with E-state index in [1.807, 2.05) is 13.8 Å². The monoisotopic (exact) mass is 270 g/mol. The Bertz CT molecular complexity index is 465. The molecule has 0 radical (unpaired) electrons. The minimum Gasteiger partial charge on any atom is -0.391 e. The van der Waals surface area contributed by atoms with E-state index in [1.165, 1.54) is 6.92 Å². The van der Waals surface area contributed by atoms with Gasteiger partial charge in [-0.3, -0.25) is 15.5 Å². The fourth-order valence-corrected chi connectivity index (χ4v) is 1.41. The smallest absolute Gasteiger partial charge is 0.332 e.